The third kappa shape index (κ3) is 14.3. The first kappa shape index (κ1) is 19.9. The molecule has 0 saturated carbocycles. The summed E-state index contributed by atoms with van der Waals surface area (Å²) < 4.78 is 0. The molecule has 3 heteroatoms. The molecule has 3 nitrogen and oxygen atoms in total. The summed E-state index contributed by atoms with van der Waals surface area (Å²) >= 11 is 0. The monoisotopic (exact) mass is 285 g/mol. The first-order chi connectivity index (χ1) is 9.41. The Morgan fingerprint density at radius 2 is 0.850 bits per heavy atom. The summed E-state index contributed by atoms with van der Waals surface area (Å²) in [5.41, 5.74) is 0. The minimum atomic E-state index is 0.942. The van der Waals surface area contributed by atoms with Crippen LogP contribution in [0.5, 0.6) is 0 Å². The van der Waals surface area contributed by atoms with E-state index in [9.17, 15) is 0 Å². The number of nitrogens with zero attached hydrogens (tertiary/aromatic N) is 3. The largest absolute Gasteiger partial charge is 0.309 e. The molecule has 20 heavy (non-hydrogen) atoms. The zero-order valence-corrected chi connectivity index (χ0v) is 15.0. The second-order valence-electron chi connectivity index (χ2n) is 7.06. The van der Waals surface area contributed by atoms with Gasteiger partial charge in [0.05, 0.1) is 0 Å². The molecular formula is C17H39N3. The molecule has 0 radical (unpaired) electrons. The molecule has 0 unspecified atom stereocenters. The second kappa shape index (κ2) is 12.6. The maximum atomic E-state index is 2.31. The van der Waals surface area contributed by atoms with Crippen molar-refractivity contribution in [2.24, 2.45) is 5.92 Å². The fraction of sp³-hybridized carbons (Fsp3) is 1.00. The van der Waals surface area contributed by atoms with E-state index in [4.69, 9.17) is 0 Å². The van der Waals surface area contributed by atoms with Crippen LogP contribution in [-0.4, -0.2) is 76.6 Å². The Morgan fingerprint density at radius 1 is 0.500 bits per heavy atom. The summed E-state index contributed by atoms with van der Waals surface area (Å²) in [6.07, 6.45) is 9.70. The first-order valence-electron chi connectivity index (χ1n) is 8.36. The van der Waals surface area contributed by atoms with Crippen LogP contribution in [0.1, 0.15) is 44.9 Å². The molecule has 0 atom stereocenters. The number of unbranched alkanes of at least 4 members (excludes halogenated alkanes) is 1. The third-order valence-electron chi connectivity index (χ3n) is 3.90. The predicted octanol–water partition coefficient (Wildman–Crippen LogP) is 3.02. The number of rotatable bonds is 13. The van der Waals surface area contributed by atoms with Crippen LogP contribution in [0.25, 0.3) is 0 Å². The van der Waals surface area contributed by atoms with Crippen LogP contribution in [0.2, 0.25) is 0 Å². The molecular weight excluding hydrogens is 246 g/mol. The van der Waals surface area contributed by atoms with Gasteiger partial charge in [-0.1, -0.05) is 12.8 Å². The van der Waals surface area contributed by atoms with Crippen molar-refractivity contribution in [3.05, 3.63) is 0 Å². The number of hydrogen-bond acceptors (Lipinski definition) is 3. The smallest absolute Gasteiger partial charge is 0.00247 e. The highest BCUT2D eigenvalue weighted by molar-refractivity contribution is 4.63. The predicted molar refractivity (Wildman–Crippen MR) is 91.5 cm³/mol. The van der Waals surface area contributed by atoms with Crippen molar-refractivity contribution < 1.29 is 0 Å². The topological polar surface area (TPSA) is 9.72 Å². The van der Waals surface area contributed by atoms with E-state index in [1.165, 1.54) is 64.6 Å². The van der Waals surface area contributed by atoms with Gasteiger partial charge in [-0.3, -0.25) is 0 Å². The summed E-state index contributed by atoms with van der Waals surface area (Å²) in [5.74, 6) is 0.942. The molecule has 0 aromatic heterocycles. The molecule has 0 aliphatic rings. The van der Waals surface area contributed by atoms with Crippen LogP contribution >= 0.6 is 0 Å². The Balaban J connectivity index is 3.84. The Kier molecular flexibility index (Phi) is 12.5. The van der Waals surface area contributed by atoms with Gasteiger partial charge < -0.3 is 14.7 Å². The lowest BCUT2D eigenvalue weighted by Gasteiger charge is -2.20. The van der Waals surface area contributed by atoms with E-state index in [0.717, 1.165) is 5.92 Å². The van der Waals surface area contributed by atoms with Gasteiger partial charge in [0.15, 0.2) is 0 Å². The molecule has 0 bridgehead atoms. The first-order valence-corrected chi connectivity index (χ1v) is 8.36. The molecule has 0 spiro atoms. The lowest BCUT2D eigenvalue weighted by Crippen LogP contribution is -2.17. The fourth-order valence-electron chi connectivity index (χ4n) is 2.69. The van der Waals surface area contributed by atoms with E-state index in [-0.39, 0.29) is 0 Å². The Labute approximate surface area is 128 Å². The SMILES string of the molecule is CN(C)CCCCC(CCCN(C)C)CCCN(C)C. The summed E-state index contributed by atoms with van der Waals surface area (Å²) in [6.45, 7) is 3.71. The van der Waals surface area contributed by atoms with Gasteiger partial charge >= 0.3 is 0 Å². The highest BCUT2D eigenvalue weighted by atomic mass is 15.1. The van der Waals surface area contributed by atoms with Gasteiger partial charge in [-0.25, -0.2) is 0 Å². The highest BCUT2D eigenvalue weighted by Gasteiger charge is 2.09. The van der Waals surface area contributed by atoms with Crippen molar-refractivity contribution >= 4 is 0 Å². The molecule has 122 valence electrons. The van der Waals surface area contributed by atoms with Crippen LogP contribution in [0.4, 0.5) is 0 Å². The van der Waals surface area contributed by atoms with Gasteiger partial charge in [-0.05, 0) is 99.9 Å². The maximum Gasteiger partial charge on any atom is -0.00247 e. The van der Waals surface area contributed by atoms with Crippen LogP contribution in [0.3, 0.4) is 0 Å². The molecule has 0 amide bonds. The Hall–Kier alpha value is -0.120. The zero-order chi connectivity index (χ0) is 15.4. The Bertz CT molecular complexity index is 188. The lowest BCUT2D eigenvalue weighted by atomic mass is 9.92. The second-order valence-corrected chi connectivity index (χ2v) is 7.06. The van der Waals surface area contributed by atoms with Crippen molar-refractivity contribution in [2.45, 2.75) is 44.9 Å². The highest BCUT2D eigenvalue weighted by Crippen LogP contribution is 2.20. The maximum absolute atomic E-state index is 2.31. The average Bonchev–Trinajstić information content (AvgIpc) is 2.32. The Morgan fingerprint density at radius 3 is 1.25 bits per heavy atom. The van der Waals surface area contributed by atoms with E-state index in [1.54, 1.807) is 0 Å². The quantitative estimate of drug-likeness (QED) is 0.482. The van der Waals surface area contributed by atoms with Gasteiger partial charge in [-0.2, -0.15) is 0 Å². The third-order valence-corrected chi connectivity index (χ3v) is 3.90. The number of hydrogen-bond donors (Lipinski definition) is 0. The summed E-state index contributed by atoms with van der Waals surface area (Å²) in [7, 11) is 13.1. The van der Waals surface area contributed by atoms with Crippen molar-refractivity contribution in [2.75, 3.05) is 61.9 Å². The van der Waals surface area contributed by atoms with E-state index < -0.39 is 0 Å². The summed E-state index contributed by atoms with van der Waals surface area (Å²) in [5, 5.41) is 0. The van der Waals surface area contributed by atoms with E-state index in [2.05, 4.69) is 57.0 Å². The van der Waals surface area contributed by atoms with Crippen LogP contribution < -0.4 is 0 Å². The fourth-order valence-corrected chi connectivity index (χ4v) is 2.69. The van der Waals surface area contributed by atoms with Crippen LogP contribution in [0.15, 0.2) is 0 Å². The summed E-state index contributed by atoms with van der Waals surface area (Å²) in [4.78, 5) is 6.92. The summed E-state index contributed by atoms with van der Waals surface area (Å²) in [6, 6.07) is 0. The van der Waals surface area contributed by atoms with Gasteiger partial charge in [-0.15, -0.1) is 0 Å². The molecule has 0 saturated heterocycles. The van der Waals surface area contributed by atoms with Crippen LogP contribution in [-0.2, 0) is 0 Å². The minimum absolute atomic E-state index is 0.942. The van der Waals surface area contributed by atoms with Crippen molar-refractivity contribution in [3.63, 3.8) is 0 Å². The van der Waals surface area contributed by atoms with Gasteiger partial charge in [0.1, 0.15) is 0 Å². The molecule has 0 aliphatic carbocycles. The average molecular weight is 286 g/mol. The zero-order valence-electron chi connectivity index (χ0n) is 15.0. The van der Waals surface area contributed by atoms with E-state index in [1.807, 2.05) is 0 Å². The lowest BCUT2D eigenvalue weighted by molar-refractivity contribution is 0.310. The minimum Gasteiger partial charge on any atom is -0.309 e. The molecule has 0 fully saturated rings. The van der Waals surface area contributed by atoms with Crippen molar-refractivity contribution in [1.29, 1.82) is 0 Å². The van der Waals surface area contributed by atoms with Gasteiger partial charge in [0, 0.05) is 0 Å². The molecule has 0 N–H and O–H groups in total. The molecule has 0 aromatic rings. The van der Waals surface area contributed by atoms with E-state index >= 15 is 0 Å². The molecule has 0 rings (SSSR count). The van der Waals surface area contributed by atoms with Crippen molar-refractivity contribution in [3.8, 4) is 0 Å². The normalized spacial score (nSPS) is 12.3. The molecule has 0 aromatic carbocycles. The van der Waals surface area contributed by atoms with Crippen molar-refractivity contribution in [1.82, 2.24) is 14.7 Å². The molecule has 0 aliphatic heterocycles. The van der Waals surface area contributed by atoms with Gasteiger partial charge in [0.2, 0.25) is 0 Å². The van der Waals surface area contributed by atoms with E-state index in [0.29, 0.717) is 0 Å². The standard InChI is InChI=1S/C17H39N3/c1-18(2)14-8-7-11-17(12-9-15-19(3)4)13-10-16-20(5)6/h17H,7-16H2,1-6H3. The van der Waals surface area contributed by atoms with Crippen LogP contribution in [0, 0.1) is 5.92 Å². The van der Waals surface area contributed by atoms with Gasteiger partial charge in [0.25, 0.3) is 0 Å². The molecule has 0 heterocycles.